The van der Waals surface area contributed by atoms with Gasteiger partial charge >= 0.3 is 0 Å². The molecule has 4 rings (SSSR count). The van der Waals surface area contributed by atoms with Crippen molar-refractivity contribution in [1.82, 2.24) is 0 Å². The minimum Gasteiger partial charge on any atom is -0.494 e. The fourth-order valence-corrected chi connectivity index (χ4v) is 4.93. The molecule has 0 amide bonds. The molecule has 0 N–H and O–H groups in total. The summed E-state index contributed by atoms with van der Waals surface area (Å²) in [5, 5.41) is 0. The summed E-state index contributed by atoms with van der Waals surface area (Å²) in [5.41, 5.74) is 2.86. The van der Waals surface area contributed by atoms with E-state index in [2.05, 4.69) is 19.6 Å². The van der Waals surface area contributed by atoms with Gasteiger partial charge in [-0.05, 0) is 91.8 Å². The zero-order valence-corrected chi connectivity index (χ0v) is 22.7. The molecule has 206 valence electrons. The molecule has 0 saturated heterocycles. The Kier molecular flexibility index (Phi) is 10.3. The summed E-state index contributed by atoms with van der Waals surface area (Å²) in [6, 6.07) is 15.5. The largest absolute Gasteiger partial charge is 0.494 e. The van der Waals surface area contributed by atoms with Crippen LogP contribution in [0.4, 0.5) is 13.2 Å². The van der Waals surface area contributed by atoms with E-state index in [0.29, 0.717) is 54.4 Å². The van der Waals surface area contributed by atoms with E-state index in [0.717, 1.165) is 49.8 Å². The molecule has 3 aromatic carbocycles. The van der Waals surface area contributed by atoms with Gasteiger partial charge in [-0.2, -0.15) is 0 Å². The van der Waals surface area contributed by atoms with Gasteiger partial charge in [0.25, 0.3) is 0 Å². The van der Waals surface area contributed by atoms with Crippen molar-refractivity contribution < 1.29 is 22.6 Å². The van der Waals surface area contributed by atoms with Crippen molar-refractivity contribution in [2.45, 2.75) is 58.3 Å². The predicted octanol–water partition coefficient (Wildman–Crippen LogP) is 9.72. The molecule has 39 heavy (non-hydrogen) atoms. The van der Waals surface area contributed by atoms with Crippen LogP contribution in [0.3, 0.4) is 0 Å². The lowest BCUT2D eigenvalue weighted by Gasteiger charge is -2.23. The molecule has 1 unspecified atom stereocenters. The Morgan fingerprint density at radius 2 is 1.64 bits per heavy atom. The van der Waals surface area contributed by atoms with Crippen molar-refractivity contribution in [3.63, 3.8) is 0 Å². The molecule has 0 aliphatic heterocycles. The monoisotopic (exact) mass is 534 g/mol. The molecule has 3 aromatic rings. The van der Waals surface area contributed by atoms with Gasteiger partial charge in [0.1, 0.15) is 17.3 Å². The first kappa shape index (κ1) is 28.5. The fraction of sp³-hybridized carbons (Fsp3) is 0.353. The predicted molar refractivity (Wildman–Crippen MR) is 153 cm³/mol. The summed E-state index contributed by atoms with van der Waals surface area (Å²) in [6.45, 7) is 6.87. The van der Waals surface area contributed by atoms with Gasteiger partial charge in [-0.25, -0.2) is 13.2 Å². The third-order valence-corrected chi connectivity index (χ3v) is 7.31. The first-order chi connectivity index (χ1) is 19.0. The smallest absolute Gasteiger partial charge is 0.166 e. The van der Waals surface area contributed by atoms with Crippen LogP contribution in [-0.2, 0) is 6.42 Å². The summed E-state index contributed by atoms with van der Waals surface area (Å²) in [7, 11) is 0. The number of hydrogen-bond acceptors (Lipinski definition) is 2. The average Bonchev–Trinajstić information content (AvgIpc) is 2.95. The Bertz CT molecular complexity index is 1280. The van der Waals surface area contributed by atoms with Crippen LogP contribution in [0.15, 0.2) is 73.3 Å². The Morgan fingerprint density at radius 3 is 2.33 bits per heavy atom. The number of aryl methyl sites for hydroxylation is 1. The van der Waals surface area contributed by atoms with Gasteiger partial charge in [-0.15, -0.1) is 6.58 Å². The van der Waals surface area contributed by atoms with Gasteiger partial charge in [0.05, 0.1) is 13.2 Å². The Hall–Kier alpha value is -3.47. The molecule has 5 heteroatoms. The molecule has 1 aliphatic carbocycles. The molecule has 0 heterocycles. The van der Waals surface area contributed by atoms with Crippen molar-refractivity contribution in [1.29, 1.82) is 0 Å². The maximum atomic E-state index is 15.0. The lowest BCUT2D eigenvalue weighted by atomic mass is 9.83. The highest BCUT2D eigenvalue weighted by Gasteiger charge is 2.20. The van der Waals surface area contributed by atoms with Crippen molar-refractivity contribution >= 4 is 5.57 Å². The van der Waals surface area contributed by atoms with E-state index in [1.54, 1.807) is 54.6 Å². The zero-order chi connectivity index (χ0) is 27.6. The van der Waals surface area contributed by atoms with E-state index in [-0.39, 0.29) is 11.4 Å². The first-order valence-corrected chi connectivity index (χ1v) is 13.9. The molecule has 0 radical (unpaired) electrons. The fourth-order valence-electron chi connectivity index (χ4n) is 4.93. The summed E-state index contributed by atoms with van der Waals surface area (Å²) < 4.78 is 55.9. The van der Waals surface area contributed by atoms with Crippen LogP contribution < -0.4 is 9.47 Å². The van der Waals surface area contributed by atoms with E-state index in [9.17, 15) is 13.2 Å². The van der Waals surface area contributed by atoms with E-state index >= 15 is 0 Å². The van der Waals surface area contributed by atoms with Gasteiger partial charge in [0.15, 0.2) is 11.6 Å². The number of benzene rings is 3. The Morgan fingerprint density at radius 1 is 0.897 bits per heavy atom. The summed E-state index contributed by atoms with van der Waals surface area (Å²) in [5.74, 6) is -0.290. The van der Waals surface area contributed by atoms with E-state index < -0.39 is 11.6 Å². The molecular weight excluding hydrogens is 497 g/mol. The second kappa shape index (κ2) is 14.1. The molecule has 1 aliphatic rings. The second-order valence-electron chi connectivity index (χ2n) is 10.1. The highest BCUT2D eigenvalue weighted by Crippen LogP contribution is 2.35. The van der Waals surface area contributed by atoms with Crippen molar-refractivity contribution in [3.8, 4) is 22.6 Å². The first-order valence-electron chi connectivity index (χ1n) is 13.9. The quantitative estimate of drug-likeness (QED) is 0.161. The summed E-state index contributed by atoms with van der Waals surface area (Å²) in [6.07, 6.45) is 10.2. The summed E-state index contributed by atoms with van der Waals surface area (Å²) in [4.78, 5) is 0. The maximum absolute atomic E-state index is 15.0. The normalized spacial score (nSPS) is 15.1. The molecule has 0 aromatic heterocycles. The maximum Gasteiger partial charge on any atom is 0.166 e. The minimum atomic E-state index is -0.814. The number of hydrogen-bond donors (Lipinski definition) is 0. The van der Waals surface area contributed by atoms with Crippen molar-refractivity contribution in [3.05, 3.63) is 102 Å². The topological polar surface area (TPSA) is 18.5 Å². The van der Waals surface area contributed by atoms with Crippen LogP contribution in [0.5, 0.6) is 11.5 Å². The number of halogens is 3. The Balaban J connectivity index is 1.33. The molecular formula is C34H37F3O2. The standard InChI is InChI=1S/C34H37F3O2/c1-3-5-21-38-28-16-13-26(14-17-28)31-19-15-27(33(36)34(31)37)12-9-24-7-10-25(11-8-24)30-20-18-29(23-32(30)35)39-22-6-4-2/h4,10,13-20,23-24H,2-3,5-9,11-12,21-22H2,1H3. The summed E-state index contributed by atoms with van der Waals surface area (Å²) >= 11 is 0. The lowest BCUT2D eigenvalue weighted by molar-refractivity contribution is 0.309. The molecule has 0 spiro atoms. The van der Waals surface area contributed by atoms with E-state index in [4.69, 9.17) is 9.47 Å². The second-order valence-corrected chi connectivity index (χ2v) is 10.1. The van der Waals surface area contributed by atoms with E-state index in [1.165, 1.54) is 6.07 Å². The molecule has 0 fully saturated rings. The number of allylic oxidation sites excluding steroid dienone is 2. The molecule has 0 saturated carbocycles. The van der Waals surface area contributed by atoms with Gasteiger partial charge in [-0.3, -0.25) is 0 Å². The van der Waals surface area contributed by atoms with E-state index in [1.807, 2.05) is 0 Å². The van der Waals surface area contributed by atoms with Crippen LogP contribution >= 0.6 is 0 Å². The zero-order valence-electron chi connectivity index (χ0n) is 22.7. The van der Waals surface area contributed by atoms with Crippen LogP contribution in [0.2, 0.25) is 0 Å². The van der Waals surface area contributed by atoms with Crippen LogP contribution in [0.1, 0.15) is 63.0 Å². The van der Waals surface area contributed by atoms with Gasteiger partial charge < -0.3 is 9.47 Å². The van der Waals surface area contributed by atoms with Gasteiger partial charge in [-0.1, -0.05) is 49.8 Å². The molecule has 2 nitrogen and oxygen atoms in total. The number of unbranched alkanes of at least 4 members (excludes halogenated alkanes) is 1. The average molecular weight is 535 g/mol. The lowest BCUT2D eigenvalue weighted by Crippen LogP contribution is -2.08. The molecule has 1 atom stereocenters. The van der Waals surface area contributed by atoms with Crippen LogP contribution in [0, 0.1) is 23.4 Å². The third kappa shape index (κ3) is 7.56. The van der Waals surface area contributed by atoms with Gasteiger partial charge in [0, 0.05) is 17.2 Å². The number of ether oxygens (including phenoxy) is 2. The highest BCUT2D eigenvalue weighted by atomic mass is 19.2. The van der Waals surface area contributed by atoms with Crippen molar-refractivity contribution in [2.24, 2.45) is 5.92 Å². The molecule has 0 bridgehead atoms. The minimum absolute atomic E-state index is 0.251. The van der Waals surface area contributed by atoms with Crippen LogP contribution in [0.25, 0.3) is 16.7 Å². The third-order valence-electron chi connectivity index (χ3n) is 7.31. The van der Waals surface area contributed by atoms with Crippen molar-refractivity contribution in [2.75, 3.05) is 13.2 Å². The SMILES string of the molecule is C=CCCOc1ccc(C2=CCC(CCc3ccc(-c4ccc(OCCCC)cc4)c(F)c3F)CC2)c(F)c1. The highest BCUT2D eigenvalue weighted by molar-refractivity contribution is 5.67. The van der Waals surface area contributed by atoms with Crippen LogP contribution in [-0.4, -0.2) is 13.2 Å². The number of rotatable bonds is 13. The Labute approximate surface area is 230 Å². The van der Waals surface area contributed by atoms with Gasteiger partial charge in [0.2, 0.25) is 0 Å².